The SMILES string of the molecule is Cc1cc(C)c(-c2nc(C(=O)O)c(C)o2)cc1C. The van der Waals surface area contributed by atoms with Crippen molar-refractivity contribution in [1.82, 2.24) is 4.98 Å². The van der Waals surface area contributed by atoms with Gasteiger partial charge < -0.3 is 9.52 Å². The van der Waals surface area contributed by atoms with Gasteiger partial charge in [0, 0.05) is 5.56 Å². The quantitative estimate of drug-likeness (QED) is 0.881. The van der Waals surface area contributed by atoms with Crippen molar-refractivity contribution in [2.45, 2.75) is 27.7 Å². The second-order valence-corrected chi connectivity index (χ2v) is 4.48. The van der Waals surface area contributed by atoms with Gasteiger partial charge in [0.25, 0.3) is 0 Å². The number of oxazole rings is 1. The highest BCUT2D eigenvalue weighted by Gasteiger charge is 2.18. The van der Waals surface area contributed by atoms with Gasteiger partial charge in [-0.1, -0.05) is 6.07 Å². The predicted octanol–water partition coefficient (Wildman–Crippen LogP) is 3.27. The summed E-state index contributed by atoms with van der Waals surface area (Å²) in [7, 11) is 0. The molecule has 4 heteroatoms. The van der Waals surface area contributed by atoms with Crippen LogP contribution in [0.25, 0.3) is 11.5 Å². The molecule has 0 aliphatic heterocycles. The van der Waals surface area contributed by atoms with Crippen LogP contribution in [0.1, 0.15) is 32.9 Å². The van der Waals surface area contributed by atoms with Crippen LogP contribution >= 0.6 is 0 Å². The lowest BCUT2D eigenvalue weighted by atomic mass is 10.0. The van der Waals surface area contributed by atoms with Crippen molar-refractivity contribution in [3.05, 3.63) is 40.3 Å². The maximum absolute atomic E-state index is 10.9. The second-order valence-electron chi connectivity index (χ2n) is 4.48. The van der Waals surface area contributed by atoms with E-state index in [-0.39, 0.29) is 5.69 Å². The Labute approximate surface area is 105 Å². The molecule has 0 radical (unpaired) electrons. The van der Waals surface area contributed by atoms with Gasteiger partial charge in [-0.25, -0.2) is 9.78 Å². The van der Waals surface area contributed by atoms with E-state index in [0.29, 0.717) is 11.7 Å². The lowest BCUT2D eigenvalue weighted by molar-refractivity contribution is 0.0689. The molecule has 1 aromatic carbocycles. The summed E-state index contributed by atoms with van der Waals surface area (Å²) < 4.78 is 5.45. The maximum atomic E-state index is 10.9. The molecule has 2 aromatic rings. The number of benzene rings is 1. The molecular formula is C14H15NO3. The first-order chi connectivity index (χ1) is 8.40. The maximum Gasteiger partial charge on any atom is 0.358 e. The summed E-state index contributed by atoms with van der Waals surface area (Å²) in [6, 6.07) is 4.02. The van der Waals surface area contributed by atoms with Gasteiger partial charge in [0.05, 0.1) is 0 Å². The zero-order chi connectivity index (χ0) is 13.4. The minimum absolute atomic E-state index is 0.0253. The number of rotatable bonds is 2. The van der Waals surface area contributed by atoms with Crippen molar-refractivity contribution in [2.24, 2.45) is 0 Å². The van der Waals surface area contributed by atoms with Crippen LogP contribution in [0.2, 0.25) is 0 Å². The summed E-state index contributed by atoms with van der Waals surface area (Å²) in [5, 5.41) is 8.97. The Hall–Kier alpha value is -2.10. The average molecular weight is 245 g/mol. The molecule has 0 saturated heterocycles. The summed E-state index contributed by atoms with van der Waals surface area (Å²) in [5.74, 6) is -0.371. The molecule has 1 heterocycles. The Bertz CT molecular complexity index is 626. The monoisotopic (exact) mass is 245 g/mol. The van der Waals surface area contributed by atoms with Crippen molar-refractivity contribution in [3.63, 3.8) is 0 Å². The van der Waals surface area contributed by atoms with Gasteiger partial charge in [0.1, 0.15) is 5.76 Å². The van der Waals surface area contributed by atoms with E-state index in [2.05, 4.69) is 4.98 Å². The molecule has 0 spiro atoms. The standard InChI is InChI=1S/C14H15NO3/c1-7-5-9(3)11(6-8(7)2)13-15-12(14(16)17)10(4)18-13/h5-6H,1-4H3,(H,16,17). The summed E-state index contributed by atoms with van der Waals surface area (Å²) in [6.07, 6.45) is 0. The smallest absolute Gasteiger partial charge is 0.358 e. The predicted molar refractivity (Wildman–Crippen MR) is 67.8 cm³/mol. The van der Waals surface area contributed by atoms with E-state index in [9.17, 15) is 4.79 Å². The van der Waals surface area contributed by atoms with E-state index in [4.69, 9.17) is 9.52 Å². The van der Waals surface area contributed by atoms with Crippen LogP contribution in [0.3, 0.4) is 0 Å². The molecule has 1 aromatic heterocycles. The van der Waals surface area contributed by atoms with Crippen molar-refractivity contribution < 1.29 is 14.3 Å². The summed E-state index contributed by atoms with van der Waals surface area (Å²) in [4.78, 5) is 15.0. The van der Waals surface area contributed by atoms with Gasteiger partial charge in [-0.3, -0.25) is 0 Å². The fourth-order valence-corrected chi connectivity index (χ4v) is 1.90. The van der Waals surface area contributed by atoms with Gasteiger partial charge in [0.2, 0.25) is 5.89 Å². The molecule has 4 nitrogen and oxygen atoms in total. The van der Waals surface area contributed by atoms with Gasteiger partial charge >= 0.3 is 5.97 Å². The van der Waals surface area contributed by atoms with Crippen LogP contribution in [0, 0.1) is 27.7 Å². The van der Waals surface area contributed by atoms with Crippen LogP contribution < -0.4 is 0 Å². The molecule has 0 atom stereocenters. The number of carboxylic acid groups (broad SMARTS) is 1. The molecule has 0 fully saturated rings. The highest BCUT2D eigenvalue weighted by Crippen LogP contribution is 2.27. The Kier molecular flexibility index (Phi) is 2.95. The molecular weight excluding hydrogens is 230 g/mol. The topological polar surface area (TPSA) is 63.3 Å². The van der Waals surface area contributed by atoms with E-state index < -0.39 is 5.97 Å². The number of hydrogen-bond donors (Lipinski definition) is 1. The van der Waals surface area contributed by atoms with Gasteiger partial charge in [-0.2, -0.15) is 0 Å². The van der Waals surface area contributed by atoms with Crippen LogP contribution in [0.15, 0.2) is 16.5 Å². The zero-order valence-electron chi connectivity index (χ0n) is 10.9. The third-order valence-corrected chi connectivity index (χ3v) is 3.07. The van der Waals surface area contributed by atoms with Crippen LogP contribution in [0.5, 0.6) is 0 Å². The number of aromatic carboxylic acids is 1. The Morgan fingerprint density at radius 1 is 1.11 bits per heavy atom. The van der Waals surface area contributed by atoms with E-state index >= 15 is 0 Å². The van der Waals surface area contributed by atoms with Crippen LogP contribution in [0.4, 0.5) is 0 Å². The van der Waals surface area contributed by atoms with Crippen LogP contribution in [-0.2, 0) is 0 Å². The molecule has 0 amide bonds. The molecule has 0 unspecified atom stereocenters. The van der Waals surface area contributed by atoms with Gasteiger partial charge in [0.15, 0.2) is 5.69 Å². The first kappa shape index (κ1) is 12.4. The minimum Gasteiger partial charge on any atom is -0.476 e. The fourth-order valence-electron chi connectivity index (χ4n) is 1.90. The van der Waals surface area contributed by atoms with Crippen LogP contribution in [-0.4, -0.2) is 16.1 Å². The van der Waals surface area contributed by atoms with Crippen molar-refractivity contribution in [3.8, 4) is 11.5 Å². The third kappa shape index (κ3) is 2.01. The van der Waals surface area contributed by atoms with Crippen molar-refractivity contribution in [2.75, 3.05) is 0 Å². The van der Waals surface area contributed by atoms with E-state index in [1.54, 1.807) is 6.92 Å². The number of carboxylic acids is 1. The lowest BCUT2D eigenvalue weighted by Crippen LogP contribution is -1.98. The summed E-state index contributed by atoms with van der Waals surface area (Å²) >= 11 is 0. The van der Waals surface area contributed by atoms with Crippen molar-refractivity contribution >= 4 is 5.97 Å². The van der Waals surface area contributed by atoms with E-state index in [0.717, 1.165) is 16.7 Å². The normalized spacial score (nSPS) is 10.7. The fraction of sp³-hybridized carbons (Fsp3) is 0.286. The number of hydrogen-bond acceptors (Lipinski definition) is 3. The second kappa shape index (κ2) is 4.29. The number of aromatic nitrogens is 1. The summed E-state index contributed by atoms with van der Waals surface area (Å²) in [5.41, 5.74) is 4.16. The van der Waals surface area contributed by atoms with E-state index in [1.165, 1.54) is 5.56 Å². The largest absolute Gasteiger partial charge is 0.476 e. The number of nitrogens with zero attached hydrogens (tertiary/aromatic N) is 1. The molecule has 18 heavy (non-hydrogen) atoms. The minimum atomic E-state index is -1.07. The molecule has 0 saturated carbocycles. The van der Waals surface area contributed by atoms with Crippen molar-refractivity contribution in [1.29, 1.82) is 0 Å². The molecule has 0 bridgehead atoms. The zero-order valence-corrected chi connectivity index (χ0v) is 10.9. The Morgan fingerprint density at radius 2 is 1.72 bits per heavy atom. The molecule has 94 valence electrons. The number of aryl methyl sites for hydroxylation is 4. The molecule has 0 aliphatic carbocycles. The summed E-state index contributed by atoms with van der Waals surface area (Å²) in [6.45, 7) is 7.61. The first-order valence-corrected chi connectivity index (χ1v) is 5.69. The lowest BCUT2D eigenvalue weighted by Gasteiger charge is -2.06. The molecule has 1 N–H and O–H groups in total. The van der Waals surface area contributed by atoms with Gasteiger partial charge in [-0.05, 0) is 50.5 Å². The van der Waals surface area contributed by atoms with Gasteiger partial charge in [-0.15, -0.1) is 0 Å². The Morgan fingerprint density at radius 3 is 2.28 bits per heavy atom. The molecule has 0 aliphatic rings. The first-order valence-electron chi connectivity index (χ1n) is 5.69. The molecule has 2 rings (SSSR count). The van der Waals surface area contributed by atoms with E-state index in [1.807, 2.05) is 32.9 Å². The highest BCUT2D eigenvalue weighted by molar-refractivity contribution is 5.87. The average Bonchev–Trinajstić information content (AvgIpc) is 2.65. The third-order valence-electron chi connectivity index (χ3n) is 3.07. The Balaban J connectivity index is 2.59. The number of carbonyl (C=O) groups is 1. The highest BCUT2D eigenvalue weighted by atomic mass is 16.4.